The lowest BCUT2D eigenvalue weighted by Gasteiger charge is -2.15. The van der Waals surface area contributed by atoms with Crippen molar-refractivity contribution in [2.75, 3.05) is 24.3 Å². The molecule has 2 rings (SSSR count). The van der Waals surface area contributed by atoms with Crippen LogP contribution in [0.25, 0.3) is 0 Å². The van der Waals surface area contributed by atoms with E-state index in [-0.39, 0.29) is 6.04 Å². The minimum atomic E-state index is 0.217. The van der Waals surface area contributed by atoms with E-state index in [4.69, 9.17) is 4.74 Å². The molecule has 0 amide bonds. The summed E-state index contributed by atoms with van der Waals surface area (Å²) >= 11 is 1.73. The van der Waals surface area contributed by atoms with Gasteiger partial charge in [0.05, 0.1) is 6.04 Å². The molecule has 0 aliphatic carbocycles. The van der Waals surface area contributed by atoms with E-state index in [1.165, 1.54) is 4.88 Å². The van der Waals surface area contributed by atoms with Crippen LogP contribution in [0.15, 0.2) is 23.6 Å². The number of methoxy groups -OCH3 is 1. The molecule has 2 aromatic rings. The first-order valence-electron chi connectivity index (χ1n) is 6.63. The van der Waals surface area contributed by atoms with E-state index in [0.717, 1.165) is 18.2 Å². The first kappa shape index (κ1) is 14.7. The van der Waals surface area contributed by atoms with Gasteiger partial charge in [-0.1, -0.05) is 6.07 Å². The Morgan fingerprint density at radius 1 is 1.35 bits per heavy atom. The molecular weight excluding hydrogens is 272 g/mol. The number of rotatable bonds is 7. The molecule has 0 aliphatic heterocycles. The van der Waals surface area contributed by atoms with Crippen molar-refractivity contribution < 1.29 is 4.74 Å². The van der Waals surface area contributed by atoms with Crippen molar-refractivity contribution >= 4 is 23.0 Å². The van der Waals surface area contributed by atoms with Crippen molar-refractivity contribution in [1.82, 2.24) is 9.97 Å². The lowest BCUT2D eigenvalue weighted by molar-refractivity contribution is 0.178. The first-order chi connectivity index (χ1) is 9.72. The normalized spacial score (nSPS) is 12.2. The Labute approximate surface area is 123 Å². The molecule has 2 heterocycles. The lowest BCUT2D eigenvalue weighted by atomic mass is 10.3. The minimum absolute atomic E-state index is 0.217. The number of hydrogen-bond donors (Lipinski definition) is 2. The molecule has 0 aromatic carbocycles. The molecule has 108 valence electrons. The third kappa shape index (κ3) is 3.91. The van der Waals surface area contributed by atoms with Gasteiger partial charge in [0.1, 0.15) is 18.2 Å². The van der Waals surface area contributed by atoms with E-state index >= 15 is 0 Å². The monoisotopic (exact) mass is 292 g/mol. The van der Waals surface area contributed by atoms with E-state index in [2.05, 4.69) is 45.0 Å². The molecular formula is C14H20N4OS. The second kappa shape index (κ2) is 7.21. The van der Waals surface area contributed by atoms with Gasteiger partial charge in [0.15, 0.2) is 5.82 Å². The fourth-order valence-electron chi connectivity index (χ4n) is 1.87. The smallest absolute Gasteiger partial charge is 0.158 e. The van der Waals surface area contributed by atoms with Gasteiger partial charge in [-0.05, 0) is 25.3 Å². The van der Waals surface area contributed by atoms with Gasteiger partial charge in [0.2, 0.25) is 0 Å². The van der Waals surface area contributed by atoms with Gasteiger partial charge >= 0.3 is 0 Å². The van der Waals surface area contributed by atoms with Crippen molar-refractivity contribution in [2.45, 2.75) is 26.5 Å². The molecule has 0 spiro atoms. The van der Waals surface area contributed by atoms with Crippen molar-refractivity contribution in [3.63, 3.8) is 0 Å². The molecule has 0 bridgehead atoms. The van der Waals surface area contributed by atoms with E-state index in [1.54, 1.807) is 18.4 Å². The number of aromatic nitrogens is 2. The number of thiophene rings is 1. The van der Waals surface area contributed by atoms with Crippen molar-refractivity contribution in [3.05, 3.63) is 34.3 Å². The summed E-state index contributed by atoms with van der Waals surface area (Å²) in [5, 5.41) is 8.69. The summed E-state index contributed by atoms with van der Waals surface area (Å²) in [4.78, 5) is 10.2. The molecule has 6 heteroatoms. The largest absolute Gasteiger partial charge is 0.377 e. The fourth-order valence-corrected chi connectivity index (χ4v) is 2.60. The van der Waals surface area contributed by atoms with Gasteiger partial charge in [0.25, 0.3) is 0 Å². The molecule has 5 nitrogen and oxygen atoms in total. The minimum Gasteiger partial charge on any atom is -0.377 e. The van der Waals surface area contributed by atoms with Gasteiger partial charge < -0.3 is 15.4 Å². The summed E-state index contributed by atoms with van der Waals surface area (Å²) < 4.78 is 5.11. The highest BCUT2D eigenvalue weighted by Crippen LogP contribution is 2.23. The second-order valence-corrected chi connectivity index (χ2v) is 5.38. The summed E-state index contributed by atoms with van der Waals surface area (Å²) in [5.41, 5.74) is 0. The first-order valence-corrected chi connectivity index (χ1v) is 7.51. The van der Waals surface area contributed by atoms with E-state index in [1.807, 2.05) is 13.0 Å². The molecule has 0 aliphatic rings. The molecule has 0 radical (unpaired) electrons. The summed E-state index contributed by atoms with van der Waals surface area (Å²) in [5.74, 6) is 2.30. The van der Waals surface area contributed by atoms with Crippen molar-refractivity contribution in [2.24, 2.45) is 0 Å². The van der Waals surface area contributed by atoms with Crippen LogP contribution in [0.4, 0.5) is 11.6 Å². The number of nitrogens with zero attached hydrogens (tertiary/aromatic N) is 2. The zero-order valence-electron chi connectivity index (χ0n) is 12.0. The summed E-state index contributed by atoms with van der Waals surface area (Å²) in [6, 6.07) is 6.31. The maximum atomic E-state index is 5.11. The van der Waals surface area contributed by atoms with Crippen LogP contribution in [-0.4, -0.2) is 23.6 Å². The Kier molecular flexibility index (Phi) is 5.31. The highest BCUT2D eigenvalue weighted by Gasteiger charge is 2.09. The van der Waals surface area contributed by atoms with Gasteiger partial charge in [-0.2, -0.15) is 0 Å². The zero-order valence-corrected chi connectivity index (χ0v) is 12.8. The number of ether oxygens (including phenoxy) is 1. The maximum Gasteiger partial charge on any atom is 0.158 e. The summed E-state index contributed by atoms with van der Waals surface area (Å²) in [6.45, 7) is 5.39. The van der Waals surface area contributed by atoms with Gasteiger partial charge in [-0.3, -0.25) is 0 Å². The van der Waals surface area contributed by atoms with E-state index in [9.17, 15) is 0 Å². The molecule has 2 aromatic heterocycles. The average molecular weight is 292 g/mol. The number of hydrogen-bond acceptors (Lipinski definition) is 6. The van der Waals surface area contributed by atoms with Crippen LogP contribution >= 0.6 is 11.3 Å². The van der Waals surface area contributed by atoms with Crippen LogP contribution in [-0.2, 0) is 11.3 Å². The van der Waals surface area contributed by atoms with Crippen LogP contribution in [0.5, 0.6) is 0 Å². The SMILES string of the molecule is CCNc1cc(NC(C)c2cccs2)nc(COC)n1. The zero-order chi connectivity index (χ0) is 14.4. The Bertz CT molecular complexity index is 506. The second-order valence-electron chi connectivity index (χ2n) is 4.40. The summed E-state index contributed by atoms with van der Waals surface area (Å²) in [7, 11) is 1.64. The van der Waals surface area contributed by atoms with Gasteiger partial charge in [0, 0.05) is 24.6 Å². The predicted octanol–water partition coefficient (Wildman–Crippen LogP) is 3.29. The van der Waals surface area contributed by atoms with Gasteiger partial charge in [-0.15, -0.1) is 11.3 Å². The van der Waals surface area contributed by atoms with E-state index < -0.39 is 0 Å². The third-order valence-electron chi connectivity index (χ3n) is 2.74. The Hall–Kier alpha value is -1.66. The van der Waals surface area contributed by atoms with Crippen molar-refractivity contribution in [3.8, 4) is 0 Å². The Morgan fingerprint density at radius 2 is 2.15 bits per heavy atom. The molecule has 2 N–H and O–H groups in total. The summed E-state index contributed by atoms with van der Waals surface area (Å²) in [6.07, 6.45) is 0. The van der Waals surface area contributed by atoms with Gasteiger partial charge in [-0.25, -0.2) is 9.97 Å². The predicted molar refractivity (Wildman–Crippen MR) is 83.3 cm³/mol. The van der Waals surface area contributed by atoms with Crippen LogP contribution < -0.4 is 10.6 Å². The standard InChI is InChI=1S/C14H20N4OS/c1-4-15-12-8-13(18-14(17-12)9-19-3)16-10(2)11-6-5-7-20-11/h5-8,10H,4,9H2,1-3H3,(H2,15,16,17,18). The number of nitrogens with one attached hydrogen (secondary N) is 2. The van der Waals surface area contributed by atoms with E-state index in [0.29, 0.717) is 12.4 Å². The van der Waals surface area contributed by atoms with Crippen LogP contribution in [0.2, 0.25) is 0 Å². The quantitative estimate of drug-likeness (QED) is 0.820. The molecule has 1 unspecified atom stereocenters. The Morgan fingerprint density at radius 3 is 2.80 bits per heavy atom. The highest BCUT2D eigenvalue weighted by molar-refractivity contribution is 7.10. The fraction of sp³-hybridized carbons (Fsp3) is 0.429. The number of anilines is 2. The average Bonchev–Trinajstić information content (AvgIpc) is 2.93. The lowest BCUT2D eigenvalue weighted by Crippen LogP contribution is -2.11. The Balaban J connectivity index is 2.16. The highest BCUT2D eigenvalue weighted by atomic mass is 32.1. The molecule has 0 saturated carbocycles. The topological polar surface area (TPSA) is 59.1 Å². The molecule has 20 heavy (non-hydrogen) atoms. The molecule has 0 saturated heterocycles. The van der Waals surface area contributed by atoms with Crippen LogP contribution in [0.3, 0.4) is 0 Å². The molecule has 1 atom stereocenters. The maximum absolute atomic E-state index is 5.11. The third-order valence-corrected chi connectivity index (χ3v) is 3.79. The van der Waals surface area contributed by atoms with Crippen LogP contribution in [0.1, 0.15) is 30.6 Å². The van der Waals surface area contributed by atoms with Crippen molar-refractivity contribution in [1.29, 1.82) is 0 Å². The van der Waals surface area contributed by atoms with Crippen LogP contribution in [0, 0.1) is 0 Å². The molecule has 0 fully saturated rings.